The van der Waals surface area contributed by atoms with Gasteiger partial charge in [-0.05, 0) is 39.2 Å². The van der Waals surface area contributed by atoms with Gasteiger partial charge in [-0.25, -0.2) is 9.67 Å². The second-order valence-corrected chi connectivity index (χ2v) is 5.54. The van der Waals surface area contributed by atoms with Crippen LogP contribution >= 0.6 is 0 Å². The number of rotatable bonds is 6. The third-order valence-electron chi connectivity index (χ3n) is 3.64. The Labute approximate surface area is 113 Å². The summed E-state index contributed by atoms with van der Waals surface area (Å²) < 4.78 is 1.95. The molecule has 1 aliphatic rings. The number of aliphatic carboxylic acids is 1. The number of carbonyl (C=O) groups is 1. The molecule has 2 heterocycles. The molecule has 1 saturated heterocycles. The number of carboxylic acid groups (broad SMARTS) is 1. The predicted molar refractivity (Wildman–Crippen MR) is 70.7 cm³/mol. The molecule has 1 unspecified atom stereocenters. The molecule has 0 spiro atoms. The van der Waals surface area contributed by atoms with Gasteiger partial charge in [-0.3, -0.25) is 9.69 Å². The van der Waals surface area contributed by atoms with E-state index in [2.05, 4.69) is 28.8 Å². The van der Waals surface area contributed by atoms with E-state index in [-0.39, 0.29) is 6.42 Å². The molecule has 1 aromatic rings. The molecule has 6 heteroatoms. The van der Waals surface area contributed by atoms with Crippen molar-refractivity contribution >= 4 is 5.97 Å². The number of likely N-dealkylation sites (tertiary alicyclic amines) is 1. The molecule has 0 bridgehead atoms. The Morgan fingerprint density at radius 3 is 3.05 bits per heavy atom. The van der Waals surface area contributed by atoms with Gasteiger partial charge in [0.05, 0.1) is 6.54 Å². The van der Waals surface area contributed by atoms with Crippen LogP contribution in [-0.2, 0) is 11.3 Å². The summed E-state index contributed by atoms with van der Waals surface area (Å²) in [5, 5.41) is 12.9. The Balaban J connectivity index is 1.84. The number of nitrogens with zero attached hydrogens (tertiary/aromatic N) is 4. The molecule has 106 valence electrons. The van der Waals surface area contributed by atoms with Crippen molar-refractivity contribution in [3.05, 3.63) is 12.2 Å². The minimum Gasteiger partial charge on any atom is -0.481 e. The van der Waals surface area contributed by atoms with E-state index in [1.54, 1.807) is 6.33 Å². The Hall–Kier alpha value is -1.43. The Kier molecular flexibility index (Phi) is 4.52. The molecule has 1 atom stereocenters. The van der Waals surface area contributed by atoms with E-state index in [0.717, 1.165) is 38.3 Å². The quantitative estimate of drug-likeness (QED) is 0.845. The van der Waals surface area contributed by atoms with E-state index in [1.807, 2.05) is 4.68 Å². The second kappa shape index (κ2) is 6.14. The largest absolute Gasteiger partial charge is 0.481 e. The molecule has 0 amide bonds. The van der Waals surface area contributed by atoms with Crippen LogP contribution in [0.15, 0.2) is 6.33 Å². The van der Waals surface area contributed by atoms with Crippen molar-refractivity contribution in [3.8, 4) is 0 Å². The molecule has 0 radical (unpaired) electrons. The number of hydrogen-bond acceptors (Lipinski definition) is 4. The van der Waals surface area contributed by atoms with Gasteiger partial charge in [0, 0.05) is 19.0 Å². The fourth-order valence-corrected chi connectivity index (χ4v) is 2.64. The van der Waals surface area contributed by atoms with Crippen LogP contribution in [0.3, 0.4) is 0 Å². The molecule has 0 aromatic carbocycles. The topological polar surface area (TPSA) is 71.2 Å². The van der Waals surface area contributed by atoms with Gasteiger partial charge in [-0.15, -0.1) is 0 Å². The highest BCUT2D eigenvalue weighted by molar-refractivity contribution is 5.66. The predicted octanol–water partition coefficient (Wildman–Crippen LogP) is 1.55. The van der Waals surface area contributed by atoms with E-state index < -0.39 is 5.97 Å². The summed E-state index contributed by atoms with van der Waals surface area (Å²) in [7, 11) is 0. The fraction of sp³-hybridized carbons (Fsp3) is 0.769. The highest BCUT2D eigenvalue weighted by Gasteiger charge is 2.24. The van der Waals surface area contributed by atoms with Crippen LogP contribution in [0.2, 0.25) is 0 Å². The molecule has 1 N–H and O–H groups in total. The van der Waals surface area contributed by atoms with E-state index >= 15 is 0 Å². The van der Waals surface area contributed by atoms with Crippen molar-refractivity contribution in [1.82, 2.24) is 19.7 Å². The summed E-state index contributed by atoms with van der Waals surface area (Å²) in [5.74, 6) is 0.804. The van der Waals surface area contributed by atoms with Gasteiger partial charge in [0.25, 0.3) is 0 Å². The van der Waals surface area contributed by atoms with Gasteiger partial charge in [-0.2, -0.15) is 5.10 Å². The van der Waals surface area contributed by atoms with Crippen molar-refractivity contribution in [2.24, 2.45) is 5.92 Å². The highest BCUT2D eigenvalue weighted by atomic mass is 16.4. The van der Waals surface area contributed by atoms with Crippen LogP contribution in [0, 0.1) is 5.92 Å². The number of aromatic nitrogens is 3. The normalized spacial score (nSPS) is 20.3. The van der Waals surface area contributed by atoms with Crippen LogP contribution in [0.5, 0.6) is 0 Å². The molecule has 1 aromatic heterocycles. The molecule has 1 aliphatic heterocycles. The molecular weight excluding hydrogens is 244 g/mol. The summed E-state index contributed by atoms with van der Waals surface area (Å²) in [6.07, 6.45) is 3.75. The summed E-state index contributed by atoms with van der Waals surface area (Å²) in [4.78, 5) is 17.2. The van der Waals surface area contributed by atoms with Crippen LogP contribution in [-0.4, -0.2) is 43.8 Å². The average Bonchev–Trinajstić information content (AvgIpc) is 2.96. The van der Waals surface area contributed by atoms with Crippen LogP contribution in [0.4, 0.5) is 0 Å². The minimum absolute atomic E-state index is 0.278. The lowest BCUT2D eigenvalue weighted by Gasteiger charge is -2.17. The van der Waals surface area contributed by atoms with E-state index in [4.69, 9.17) is 5.11 Å². The van der Waals surface area contributed by atoms with Crippen molar-refractivity contribution in [2.75, 3.05) is 13.1 Å². The van der Waals surface area contributed by atoms with E-state index in [1.165, 1.54) is 0 Å². The zero-order valence-corrected chi connectivity index (χ0v) is 11.6. The first-order valence-corrected chi connectivity index (χ1v) is 6.88. The van der Waals surface area contributed by atoms with Gasteiger partial charge in [0.1, 0.15) is 12.2 Å². The Morgan fingerprint density at radius 2 is 2.37 bits per heavy atom. The molecule has 6 nitrogen and oxygen atoms in total. The van der Waals surface area contributed by atoms with Gasteiger partial charge in [0.2, 0.25) is 0 Å². The minimum atomic E-state index is -0.696. The van der Waals surface area contributed by atoms with E-state index in [9.17, 15) is 4.79 Å². The third kappa shape index (κ3) is 3.76. The Morgan fingerprint density at radius 1 is 1.58 bits per heavy atom. The molecule has 2 rings (SSSR count). The lowest BCUT2D eigenvalue weighted by molar-refractivity contribution is -0.137. The van der Waals surface area contributed by atoms with Gasteiger partial charge in [-0.1, -0.05) is 0 Å². The van der Waals surface area contributed by atoms with Crippen LogP contribution in [0.1, 0.15) is 45.0 Å². The van der Waals surface area contributed by atoms with E-state index in [0.29, 0.717) is 12.0 Å². The van der Waals surface area contributed by atoms with Crippen LogP contribution < -0.4 is 0 Å². The summed E-state index contributed by atoms with van der Waals surface area (Å²) in [6, 6.07) is 0.322. The summed E-state index contributed by atoms with van der Waals surface area (Å²) >= 11 is 0. The van der Waals surface area contributed by atoms with Crippen molar-refractivity contribution in [2.45, 2.75) is 45.7 Å². The first-order valence-electron chi connectivity index (χ1n) is 6.88. The van der Waals surface area contributed by atoms with Gasteiger partial charge >= 0.3 is 5.97 Å². The molecule has 19 heavy (non-hydrogen) atoms. The van der Waals surface area contributed by atoms with Gasteiger partial charge in [0.15, 0.2) is 0 Å². The molecule has 0 aliphatic carbocycles. The maximum absolute atomic E-state index is 10.6. The Bertz CT molecular complexity index is 430. The number of carboxylic acids is 1. The van der Waals surface area contributed by atoms with Crippen LogP contribution in [0.25, 0.3) is 0 Å². The van der Waals surface area contributed by atoms with Crippen molar-refractivity contribution in [1.29, 1.82) is 0 Å². The lowest BCUT2D eigenvalue weighted by atomic mass is 10.0. The first-order chi connectivity index (χ1) is 9.06. The van der Waals surface area contributed by atoms with Crippen molar-refractivity contribution < 1.29 is 9.90 Å². The summed E-state index contributed by atoms with van der Waals surface area (Å²) in [5.41, 5.74) is 0. The SMILES string of the molecule is CC(C)n1ncnc1CN1CCC(CCC(=O)O)C1. The maximum Gasteiger partial charge on any atom is 0.303 e. The standard InChI is InChI=1S/C13H22N4O2/c1-10(2)17-12(14-9-15-17)8-16-6-5-11(7-16)3-4-13(18)19/h9-11H,3-8H2,1-2H3,(H,18,19). The number of hydrogen-bond donors (Lipinski definition) is 1. The molecular formula is C13H22N4O2. The third-order valence-corrected chi connectivity index (χ3v) is 3.64. The molecule has 1 fully saturated rings. The zero-order valence-electron chi connectivity index (χ0n) is 11.6. The monoisotopic (exact) mass is 266 g/mol. The maximum atomic E-state index is 10.6. The molecule has 0 saturated carbocycles. The lowest BCUT2D eigenvalue weighted by Crippen LogP contribution is -2.23. The van der Waals surface area contributed by atoms with Crippen molar-refractivity contribution in [3.63, 3.8) is 0 Å². The second-order valence-electron chi connectivity index (χ2n) is 5.54. The average molecular weight is 266 g/mol. The van der Waals surface area contributed by atoms with Gasteiger partial charge < -0.3 is 5.11 Å². The summed E-state index contributed by atoms with van der Waals surface area (Å²) in [6.45, 7) is 6.99. The zero-order chi connectivity index (χ0) is 13.8. The fourth-order valence-electron chi connectivity index (χ4n) is 2.64. The highest BCUT2D eigenvalue weighted by Crippen LogP contribution is 2.22. The smallest absolute Gasteiger partial charge is 0.303 e. The first kappa shape index (κ1) is 14.0.